The van der Waals surface area contributed by atoms with E-state index in [-0.39, 0.29) is 5.97 Å². The van der Waals surface area contributed by atoms with Crippen molar-refractivity contribution in [2.75, 3.05) is 13.1 Å². The first-order chi connectivity index (χ1) is 7.46. The summed E-state index contributed by atoms with van der Waals surface area (Å²) < 4.78 is 5.22. The zero-order chi connectivity index (χ0) is 11.8. The molecule has 16 heavy (non-hydrogen) atoms. The number of rotatable bonds is 2. The number of hydrogen-bond donors (Lipinski definition) is 1. The standard InChI is InChI=1S/C10H15N3O2S/c1-10(2,3)15-9(14)8-13-12-7(16-8)6-4-11-5-6/h6,11H,4-5H2,1-3H3. The Balaban J connectivity index is 2.03. The molecule has 5 nitrogen and oxygen atoms in total. The average Bonchev–Trinajstić information content (AvgIpc) is 2.46. The van der Waals surface area contributed by atoms with Gasteiger partial charge in [0, 0.05) is 19.0 Å². The Kier molecular flexibility index (Phi) is 2.94. The smallest absolute Gasteiger partial charge is 0.369 e. The average molecular weight is 241 g/mol. The molecular weight excluding hydrogens is 226 g/mol. The maximum Gasteiger partial charge on any atom is 0.369 e. The molecule has 0 amide bonds. The third-order valence-corrected chi connectivity index (χ3v) is 3.21. The summed E-state index contributed by atoms with van der Waals surface area (Å²) >= 11 is 1.33. The third-order valence-electron chi connectivity index (χ3n) is 2.14. The molecule has 6 heteroatoms. The summed E-state index contributed by atoms with van der Waals surface area (Å²) in [5.74, 6) is 0.0252. The van der Waals surface area contributed by atoms with Gasteiger partial charge < -0.3 is 10.1 Å². The predicted molar refractivity (Wildman–Crippen MR) is 60.7 cm³/mol. The summed E-state index contributed by atoms with van der Waals surface area (Å²) in [7, 11) is 0. The molecule has 1 N–H and O–H groups in total. The summed E-state index contributed by atoms with van der Waals surface area (Å²) in [6, 6.07) is 0. The molecule has 0 unspecified atom stereocenters. The maximum atomic E-state index is 11.7. The van der Waals surface area contributed by atoms with Crippen molar-refractivity contribution < 1.29 is 9.53 Å². The second-order valence-corrected chi connectivity index (χ2v) is 5.81. The van der Waals surface area contributed by atoms with Crippen LogP contribution >= 0.6 is 11.3 Å². The van der Waals surface area contributed by atoms with E-state index in [4.69, 9.17) is 4.74 Å². The summed E-state index contributed by atoms with van der Waals surface area (Å²) in [6.07, 6.45) is 0. The Bertz CT molecular complexity index is 393. The van der Waals surface area contributed by atoms with Crippen molar-refractivity contribution in [1.29, 1.82) is 0 Å². The molecule has 1 aliphatic rings. The predicted octanol–water partition coefficient (Wildman–Crippen LogP) is 1.18. The first-order valence-corrected chi connectivity index (χ1v) is 6.05. The van der Waals surface area contributed by atoms with Gasteiger partial charge in [-0.25, -0.2) is 4.79 Å². The fourth-order valence-electron chi connectivity index (χ4n) is 1.27. The van der Waals surface area contributed by atoms with Crippen molar-refractivity contribution in [2.24, 2.45) is 0 Å². The van der Waals surface area contributed by atoms with Gasteiger partial charge >= 0.3 is 5.97 Å². The maximum absolute atomic E-state index is 11.7. The van der Waals surface area contributed by atoms with Crippen LogP contribution in [0.4, 0.5) is 0 Å². The van der Waals surface area contributed by atoms with Crippen molar-refractivity contribution >= 4 is 17.3 Å². The van der Waals surface area contributed by atoms with Crippen LogP contribution in [0.25, 0.3) is 0 Å². The topological polar surface area (TPSA) is 64.1 Å². The van der Waals surface area contributed by atoms with Crippen molar-refractivity contribution in [3.8, 4) is 0 Å². The number of carbonyl (C=O) groups is 1. The molecule has 0 aromatic carbocycles. The van der Waals surface area contributed by atoms with Gasteiger partial charge in [0.15, 0.2) is 0 Å². The molecule has 2 rings (SSSR count). The second kappa shape index (κ2) is 4.10. The number of hydrogen-bond acceptors (Lipinski definition) is 6. The lowest BCUT2D eigenvalue weighted by atomic mass is 10.1. The van der Waals surface area contributed by atoms with E-state index in [1.54, 1.807) is 0 Å². The fraction of sp³-hybridized carbons (Fsp3) is 0.700. The molecule has 1 saturated heterocycles. The Morgan fingerprint density at radius 2 is 2.12 bits per heavy atom. The summed E-state index contributed by atoms with van der Waals surface area (Å²) in [4.78, 5) is 11.7. The second-order valence-electron chi connectivity index (χ2n) is 4.80. The largest absolute Gasteiger partial charge is 0.455 e. The molecule has 88 valence electrons. The third kappa shape index (κ3) is 2.56. The highest BCUT2D eigenvalue weighted by Crippen LogP contribution is 2.24. The molecule has 1 aliphatic heterocycles. The SMILES string of the molecule is CC(C)(C)OC(=O)c1nnc(C2CNC2)s1. The van der Waals surface area contributed by atoms with Crippen LogP contribution in [0.2, 0.25) is 0 Å². The van der Waals surface area contributed by atoms with Gasteiger partial charge in [0.1, 0.15) is 10.6 Å². The van der Waals surface area contributed by atoms with Gasteiger partial charge in [0.2, 0.25) is 5.01 Å². The van der Waals surface area contributed by atoms with Gasteiger partial charge in [-0.15, -0.1) is 10.2 Å². The highest BCUT2D eigenvalue weighted by Gasteiger charge is 2.26. The van der Waals surface area contributed by atoms with Crippen molar-refractivity contribution in [2.45, 2.75) is 32.3 Å². The van der Waals surface area contributed by atoms with Crippen LogP contribution in [0, 0.1) is 0 Å². The lowest BCUT2D eigenvalue weighted by molar-refractivity contribution is 0.00683. The zero-order valence-corrected chi connectivity index (χ0v) is 10.4. The first kappa shape index (κ1) is 11.5. The van der Waals surface area contributed by atoms with E-state index in [0.717, 1.165) is 18.1 Å². The molecule has 2 heterocycles. The minimum absolute atomic E-state index is 0.344. The number of esters is 1. The summed E-state index contributed by atoms with van der Waals surface area (Å²) in [6.45, 7) is 7.35. The molecule has 0 saturated carbocycles. The quantitative estimate of drug-likeness (QED) is 0.788. The van der Waals surface area contributed by atoms with Crippen LogP contribution in [-0.4, -0.2) is 34.9 Å². The van der Waals surface area contributed by atoms with Crippen LogP contribution in [0.5, 0.6) is 0 Å². The van der Waals surface area contributed by atoms with E-state index in [0.29, 0.717) is 10.9 Å². The number of ether oxygens (including phenoxy) is 1. The van der Waals surface area contributed by atoms with Gasteiger partial charge in [-0.05, 0) is 20.8 Å². The van der Waals surface area contributed by atoms with Crippen LogP contribution in [0.1, 0.15) is 41.5 Å². The minimum atomic E-state index is -0.485. The first-order valence-electron chi connectivity index (χ1n) is 5.23. The van der Waals surface area contributed by atoms with E-state index in [2.05, 4.69) is 15.5 Å². The van der Waals surface area contributed by atoms with Crippen molar-refractivity contribution in [3.05, 3.63) is 10.0 Å². The van der Waals surface area contributed by atoms with Gasteiger partial charge in [0.05, 0.1) is 0 Å². The molecule has 1 aromatic heterocycles. The van der Waals surface area contributed by atoms with Crippen molar-refractivity contribution in [3.63, 3.8) is 0 Å². The molecular formula is C10H15N3O2S. The molecule has 0 atom stereocenters. The number of nitrogens with zero attached hydrogens (tertiary/aromatic N) is 2. The number of aromatic nitrogens is 2. The molecule has 0 aliphatic carbocycles. The van der Waals surface area contributed by atoms with Gasteiger partial charge in [-0.2, -0.15) is 0 Å². The molecule has 0 radical (unpaired) electrons. The highest BCUT2D eigenvalue weighted by molar-refractivity contribution is 7.13. The van der Waals surface area contributed by atoms with Crippen LogP contribution < -0.4 is 5.32 Å². The lowest BCUT2D eigenvalue weighted by Crippen LogP contribution is -2.39. The van der Waals surface area contributed by atoms with Crippen LogP contribution in [0.15, 0.2) is 0 Å². The Morgan fingerprint density at radius 1 is 1.44 bits per heavy atom. The lowest BCUT2D eigenvalue weighted by Gasteiger charge is -2.24. The van der Waals surface area contributed by atoms with Gasteiger partial charge in [0.25, 0.3) is 0 Å². The molecule has 1 fully saturated rings. The van der Waals surface area contributed by atoms with E-state index in [1.165, 1.54) is 11.3 Å². The summed E-state index contributed by atoms with van der Waals surface area (Å²) in [5, 5.41) is 12.3. The van der Waals surface area contributed by atoms with Gasteiger partial charge in [-0.1, -0.05) is 11.3 Å². The normalized spacial score (nSPS) is 16.9. The van der Waals surface area contributed by atoms with E-state index < -0.39 is 5.60 Å². The van der Waals surface area contributed by atoms with E-state index in [9.17, 15) is 4.79 Å². The zero-order valence-electron chi connectivity index (χ0n) is 9.61. The van der Waals surface area contributed by atoms with Crippen molar-refractivity contribution in [1.82, 2.24) is 15.5 Å². The molecule has 1 aromatic rings. The molecule has 0 spiro atoms. The Hall–Kier alpha value is -1.01. The van der Waals surface area contributed by atoms with E-state index >= 15 is 0 Å². The van der Waals surface area contributed by atoms with Crippen LogP contribution in [0.3, 0.4) is 0 Å². The fourth-order valence-corrected chi connectivity index (χ4v) is 2.09. The van der Waals surface area contributed by atoms with Gasteiger partial charge in [-0.3, -0.25) is 0 Å². The number of carbonyl (C=O) groups excluding carboxylic acids is 1. The number of nitrogens with one attached hydrogen (secondary N) is 1. The van der Waals surface area contributed by atoms with E-state index in [1.807, 2.05) is 20.8 Å². The Labute approximate surface area is 98.2 Å². The van der Waals surface area contributed by atoms with Crippen LogP contribution in [-0.2, 0) is 4.74 Å². The Morgan fingerprint density at radius 3 is 2.62 bits per heavy atom. The highest BCUT2D eigenvalue weighted by atomic mass is 32.1. The molecule has 0 bridgehead atoms. The monoisotopic (exact) mass is 241 g/mol. The minimum Gasteiger partial charge on any atom is -0.455 e. The summed E-state index contributed by atoms with van der Waals surface area (Å²) in [5.41, 5.74) is -0.485.